The van der Waals surface area contributed by atoms with E-state index >= 15 is 0 Å². The zero-order valence-corrected chi connectivity index (χ0v) is 19.6. The number of nitrogens with zero attached hydrogens (tertiary/aromatic N) is 3. The van der Waals surface area contributed by atoms with E-state index in [9.17, 15) is 14.9 Å². The van der Waals surface area contributed by atoms with Crippen molar-refractivity contribution in [3.05, 3.63) is 98.9 Å². The monoisotopic (exact) mass is 488 g/mol. The van der Waals surface area contributed by atoms with Gasteiger partial charge in [0, 0.05) is 22.6 Å². The van der Waals surface area contributed by atoms with E-state index in [0.29, 0.717) is 16.4 Å². The molecular weight excluding hydrogens is 468 g/mol. The number of hydrazone groups is 1. The van der Waals surface area contributed by atoms with Crippen LogP contribution in [0.4, 0.5) is 10.8 Å². The molecule has 4 aromatic rings. The van der Waals surface area contributed by atoms with E-state index in [1.165, 1.54) is 36.6 Å². The van der Waals surface area contributed by atoms with Gasteiger partial charge in [0.2, 0.25) is 5.13 Å². The number of hydrogen-bond donors (Lipinski definition) is 1. The number of hydrogen-bond acceptors (Lipinski definition) is 9. The third-order valence-corrected chi connectivity index (χ3v) is 5.78. The van der Waals surface area contributed by atoms with Crippen molar-refractivity contribution in [3.63, 3.8) is 0 Å². The summed E-state index contributed by atoms with van der Waals surface area (Å²) in [6, 6.07) is 20.2. The molecular formula is C25H20N4O5S. The molecule has 0 saturated carbocycles. The highest BCUT2D eigenvalue weighted by Crippen LogP contribution is 2.31. The molecule has 0 spiro atoms. The molecule has 35 heavy (non-hydrogen) atoms. The highest BCUT2D eigenvalue weighted by Gasteiger charge is 2.16. The van der Waals surface area contributed by atoms with E-state index in [0.717, 1.165) is 22.2 Å². The summed E-state index contributed by atoms with van der Waals surface area (Å²) in [7, 11) is 1.45. The quantitative estimate of drug-likeness (QED) is 0.111. The number of rotatable bonds is 8. The molecule has 9 nitrogen and oxygen atoms in total. The summed E-state index contributed by atoms with van der Waals surface area (Å²) in [4.78, 5) is 28.5. The Morgan fingerprint density at radius 2 is 1.89 bits per heavy atom. The molecule has 0 amide bonds. The summed E-state index contributed by atoms with van der Waals surface area (Å²) < 4.78 is 10.7. The lowest BCUT2D eigenvalue weighted by molar-refractivity contribution is -0.384. The van der Waals surface area contributed by atoms with E-state index in [1.807, 2.05) is 37.3 Å². The van der Waals surface area contributed by atoms with Crippen molar-refractivity contribution < 1.29 is 19.2 Å². The normalized spacial score (nSPS) is 10.8. The van der Waals surface area contributed by atoms with Crippen molar-refractivity contribution in [1.29, 1.82) is 0 Å². The number of non-ortho nitro benzene ring substituents is 1. The van der Waals surface area contributed by atoms with Gasteiger partial charge in [0.15, 0.2) is 11.5 Å². The molecule has 0 bridgehead atoms. The fraction of sp³-hybridized carbons (Fsp3) is 0.0800. The SMILES string of the molecule is COc1cc(/C=N\Nc2nc(-c3ccccc3)c(C)s2)ccc1OC(=O)c1cccc([N+](=O)[O-])c1. The number of methoxy groups -OCH3 is 1. The number of anilines is 1. The van der Waals surface area contributed by atoms with Crippen LogP contribution in [0.2, 0.25) is 0 Å². The van der Waals surface area contributed by atoms with Crippen LogP contribution in [0, 0.1) is 17.0 Å². The van der Waals surface area contributed by atoms with Gasteiger partial charge in [-0.3, -0.25) is 15.5 Å². The lowest BCUT2D eigenvalue weighted by atomic mass is 10.1. The van der Waals surface area contributed by atoms with Gasteiger partial charge < -0.3 is 9.47 Å². The largest absolute Gasteiger partial charge is 0.493 e. The first kappa shape index (κ1) is 23.6. The second kappa shape index (κ2) is 10.6. The van der Waals surface area contributed by atoms with Gasteiger partial charge in [-0.05, 0) is 36.8 Å². The zero-order chi connectivity index (χ0) is 24.8. The van der Waals surface area contributed by atoms with Crippen LogP contribution in [0.3, 0.4) is 0 Å². The molecule has 176 valence electrons. The first-order valence-corrected chi connectivity index (χ1v) is 11.2. The molecule has 4 rings (SSSR count). The number of nitrogens with one attached hydrogen (secondary N) is 1. The van der Waals surface area contributed by atoms with Crippen LogP contribution in [0.25, 0.3) is 11.3 Å². The number of aryl methyl sites for hydroxylation is 1. The average molecular weight is 489 g/mol. The fourth-order valence-electron chi connectivity index (χ4n) is 3.22. The molecule has 0 saturated heterocycles. The molecule has 0 aliphatic rings. The Labute approximate surface area is 204 Å². The molecule has 3 aromatic carbocycles. The Morgan fingerprint density at radius 3 is 2.63 bits per heavy atom. The van der Waals surface area contributed by atoms with Crippen molar-refractivity contribution in [2.24, 2.45) is 5.10 Å². The van der Waals surface area contributed by atoms with Gasteiger partial charge in [0.1, 0.15) is 0 Å². The molecule has 0 fully saturated rings. The first-order valence-electron chi connectivity index (χ1n) is 10.4. The topological polar surface area (TPSA) is 116 Å². The molecule has 0 unspecified atom stereocenters. The zero-order valence-electron chi connectivity index (χ0n) is 18.8. The number of aromatic nitrogens is 1. The molecule has 0 radical (unpaired) electrons. The van der Waals surface area contributed by atoms with Crippen LogP contribution in [-0.4, -0.2) is 29.2 Å². The number of nitro groups is 1. The second-order valence-electron chi connectivity index (χ2n) is 7.27. The molecule has 1 heterocycles. The maximum absolute atomic E-state index is 12.5. The maximum atomic E-state index is 12.5. The van der Waals surface area contributed by atoms with Gasteiger partial charge in [-0.25, -0.2) is 9.78 Å². The van der Waals surface area contributed by atoms with Crippen LogP contribution in [0.5, 0.6) is 11.5 Å². The van der Waals surface area contributed by atoms with Crippen molar-refractivity contribution >= 4 is 34.3 Å². The minimum absolute atomic E-state index is 0.0599. The van der Waals surface area contributed by atoms with E-state index in [-0.39, 0.29) is 17.0 Å². The van der Waals surface area contributed by atoms with Gasteiger partial charge in [-0.15, -0.1) is 11.3 Å². The Morgan fingerprint density at radius 1 is 1.09 bits per heavy atom. The minimum atomic E-state index is -0.733. The summed E-state index contributed by atoms with van der Waals surface area (Å²) >= 11 is 1.50. The van der Waals surface area contributed by atoms with Crippen molar-refractivity contribution in [2.45, 2.75) is 6.92 Å². The third-order valence-electron chi connectivity index (χ3n) is 4.90. The van der Waals surface area contributed by atoms with E-state index < -0.39 is 10.9 Å². The fourth-order valence-corrected chi connectivity index (χ4v) is 4.01. The minimum Gasteiger partial charge on any atom is -0.493 e. The average Bonchev–Trinajstić information content (AvgIpc) is 3.25. The van der Waals surface area contributed by atoms with Crippen LogP contribution in [-0.2, 0) is 0 Å². The summed E-state index contributed by atoms with van der Waals surface area (Å²) in [6.45, 7) is 2.01. The smallest absolute Gasteiger partial charge is 0.343 e. The predicted octanol–water partition coefficient (Wildman–Crippen LogP) is 5.70. The van der Waals surface area contributed by atoms with Crippen molar-refractivity contribution in [2.75, 3.05) is 12.5 Å². The van der Waals surface area contributed by atoms with Gasteiger partial charge in [0.25, 0.3) is 5.69 Å². The second-order valence-corrected chi connectivity index (χ2v) is 8.47. The summed E-state index contributed by atoms with van der Waals surface area (Å²) in [5.41, 5.74) is 5.45. The number of ether oxygens (including phenoxy) is 2. The standard InChI is InChI=1S/C25H20N4O5S/c1-16-23(18-7-4-3-5-8-18)27-25(35-16)28-26-15-17-11-12-21(22(13-17)33-2)34-24(30)19-9-6-10-20(14-19)29(31)32/h3-15H,1-2H3,(H,27,28)/b26-15-. The van der Waals surface area contributed by atoms with Crippen LogP contribution in [0.1, 0.15) is 20.8 Å². The number of thiazole rings is 1. The molecule has 0 aliphatic heterocycles. The lowest BCUT2D eigenvalue weighted by Crippen LogP contribution is -2.09. The Hall–Kier alpha value is -4.57. The van der Waals surface area contributed by atoms with E-state index in [4.69, 9.17) is 9.47 Å². The van der Waals surface area contributed by atoms with Gasteiger partial charge in [-0.1, -0.05) is 36.4 Å². The number of benzene rings is 3. The number of esters is 1. The number of nitro benzene ring substituents is 1. The molecule has 0 atom stereocenters. The Bertz CT molecular complexity index is 1400. The molecule has 0 aliphatic carbocycles. The summed E-state index contributed by atoms with van der Waals surface area (Å²) in [5, 5.41) is 15.8. The van der Waals surface area contributed by atoms with Crippen LogP contribution < -0.4 is 14.9 Å². The Kier molecular flexibility index (Phi) is 7.12. The predicted molar refractivity (Wildman–Crippen MR) is 135 cm³/mol. The van der Waals surface area contributed by atoms with Gasteiger partial charge >= 0.3 is 5.97 Å². The highest BCUT2D eigenvalue weighted by atomic mass is 32.1. The molecule has 10 heteroatoms. The van der Waals surface area contributed by atoms with Gasteiger partial charge in [0.05, 0.1) is 29.5 Å². The van der Waals surface area contributed by atoms with Crippen LogP contribution in [0.15, 0.2) is 77.9 Å². The highest BCUT2D eigenvalue weighted by molar-refractivity contribution is 7.16. The van der Waals surface area contributed by atoms with E-state index in [2.05, 4.69) is 15.5 Å². The number of carbonyl (C=O) groups excluding carboxylic acids is 1. The van der Waals surface area contributed by atoms with Crippen molar-refractivity contribution in [1.82, 2.24) is 4.98 Å². The number of carbonyl (C=O) groups is 1. The first-order chi connectivity index (χ1) is 16.9. The summed E-state index contributed by atoms with van der Waals surface area (Å²) in [6.07, 6.45) is 1.59. The van der Waals surface area contributed by atoms with E-state index in [1.54, 1.807) is 24.4 Å². The lowest BCUT2D eigenvalue weighted by Gasteiger charge is -2.10. The Balaban J connectivity index is 1.44. The van der Waals surface area contributed by atoms with Crippen LogP contribution >= 0.6 is 11.3 Å². The maximum Gasteiger partial charge on any atom is 0.343 e. The van der Waals surface area contributed by atoms with Gasteiger partial charge in [-0.2, -0.15) is 5.10 Å². The summed E-state index contributed by atoms with van der Waals surface area (Å²) in [5.74, 6) is -0.246. The molecule has 1 aromatic heterocycles. The van der Waals surface area contributed by atoms with Crippen molar-refractivity contribution in [3.8, 4) is 22.8 Å². The molecule has 1 N–H and O–H groups in total. The third kappa shape index (κ3) is 5.68.